The lowest BCUT2D eigenvalue weighted by Crippen LogP contribution is -2.13. The quantitative estimate of drug-likeness (QED) is 0.775. The maximum absolute atomic E-state index is 13.1. The summed E-state index contributed by atoms with van der Waals surface area (Å²) in [6, 6.07) is 13.7. The van der Waals surface area contributed by atoms with Crippen LogP contribution in [-0.4, -0.2) is 16.0 Å². The van der Waals surface area contributed by atoms with Gasteiger partial charge in [0.1, 0.15) is 5.82 Å². The van der Waals surface area contributed by atoms with Gasteiger partial charge in [-0.3, -0.25) is 4.79 Å². The third-order valence-corrected chi connectivity index (χ3v) is 3.53. The molecule has 0 saturated carbocycles. The first-order valence-corrected chi connectivity index (χ1v) is 7.56. The van der Waals surface area contributed by atoms with Crippen LogP contribution in [0.15, 0.2) is 53.1 Å². The summed E-state index contributed by atoms with van der Waals surface area (Å²) in [5, 5.41) is 6.66. The van der Waals surface area contributed by atoms with E-state index in [0.717, 1.165) is 5.56 Å². The molecule has 122 valence electrons. The van der Waals surface area contributed by atoms with E-state index >= 15 is 0 Å². The average molecular weight is 325 g/mol. The van der Waals surface area contributed by atoms with Crippen LogP contribution in [0.4, 0.5) is 10.1 Å². The van der Waals surface area contributed by atoms with Gasteiger partial charge >= 0.3 is 0 Å². The molecule has 0 saturated heterocycles. The number of aryl methyl sites for hydroxylation is 2. The summed E-state index contributed by atoms with van der Waals surface area (Å²) in [5.41, 5.74) is 2.13. The topological polar surface area (TPSA) is 68.0 Å². The minimum absolute atomic E-state index is 0.191. The lowest BCUT2D eigenvalue weighted by molar-refractivity contribution is -0.116. The molecular formula is C18H16FN3O2. The van der Waals surface area contributed by atoms with Gasteiger partial charge in [-0.15, -0.1) is 0 Å². The summed E-state index contributed by atoms with van der Waals surface area (Å²) in [5.74, 6) is 0.384. The molecule has 2 aromatic carbocycles. The number of benzene rings is 2. The number of carbonyl (C=O) groups excluding carboxylic acids is 1. The maximum atomic E-state index is 13.1. The van der Waals surface area contributed by atoms with E-state index in [-0.39, 0.29) is 18.1 Å². The second-order valence-corrected chi connectivity index (χ2v) is 5.39. The van der Waals surface area contributed by atoms with Crippen LogP contribution in [-0.2, 0) is 11.2 Å². The zero-order valence-electron chi connectivity index (χ0n) is 13.1. The second-order valence-electron chi connectivity index (χ2n) is 5.39. The van der Waals surface area contributed by atoms with Crippen molar-refractivity contribution in [1.82, 2.24) is 10.1 Å². The van der Waals surface area contributed by atoms with Crippen molar-refractivity contribution in [2.45, 2.75) is 19.8 Å². The highest BCUT2D eigenvalue weighted by atomic mass is 19.1. The number of amides is 1. The van der Waals surface area contributed by atoms with Gasteiger partial charge in [0.25, 0.3) is 0 Å². The molecule has 1 heterocycles. The number of aromatic nitrogens is 2. The number of nitrogens with one attached hydrogen (secondary N) is 1. The Balaban J connectivity index is 1.58. The third-order valence-electron chi connectivity index (χ3n) is 3.53. The van der Waals surface area contributed by atoms with E-state index in [1.54, 1.807) is 13.0 Å². The van der Waals surface area contributed by atoms with Crippen LogP contribution in [0.1, 0.15) is 17.9 Å². The smallest absolute Gasteiger partial charge is 0.227 e. The van der Waals surface area contributed by atoms with Gasteiger partial charge < -0.3 is 9.84 Å². The van der Waals surface area contributed by atoms with Gasteiger partial charge in [-0.1, -0.05) is 35.5 Å². The van der Waals surface area contributed by atoms with Crippen molar-refractivity contribution < 1.29 is 13.7 Å². The molecule has 24 heavy (non-hydrogen) atoms. The predicted octanol–water partition coefficient (Wildman–Crippen LogP) is 3.76. The van der Waals surface area contributed by atoms with Gasteiger partial charge in [0.05, 0.1) is 0 Å². The van der Waals surface area contributed by atoms with Crippen LogP contribution in [0.2, 0.25) is 0 Å². The number of carbonyl (C=O) groups is 1. The van der Waals surface area contributed by atoms with Crippen molar-refractivity contribution in [1.29, 1.82) is 0 Å². The number of hydrogen-bond acceptors (Lipinski definition) is 4. The van der Waals surface area contributed by atoms with Crippen LogP contribution in [0.3, 0.4) is 0 Å². The molecule has 1 amide bonds. The predicted molar refractivity (Wildman–Crippen MR) is 87.8 cm³/mol. The number of nitrogens with zero attached hydrogens (tertiary/aromatic N) is 2. The van der Waals surface area contributed by atoms with E-state index in [2.05, 4.69) is 15.5 Å². The van der Waals surface area contributed by atoms with Crippen LogP contribution < -0.4 is 5.32 Å². The van der Waals surface area contributed by atoms with E-state index in [1.165, 1.54) is 12.1 Å². The van der Waals surface area contributed by atoms with Gasteiger partial charge in [0, 0.05) is 24.1 Å². The molecule has 3 rings (SSSR count). The Morgan fingerprint density at radius 2 is 2.00 bits per heavy atom. The molecule has 1 aromatic heterocycles. The molecule has 0 bridgehead atoms. The average Bonchev–Trinajstić information content (AvgIpc) is 3.05. The molecule has 0 unspecified atom stereocenters. The third kappa shape index (κ3) is 3.84. The van der Waals surface area contributed by atoms with Crippen molar-refractivity contribution in [3.8, 4) is 11.4 Å². The molecule has 0 fully saturated rings. The number of anilines is 1. The zero-order valence-corrected chi connectivity index (χ0v) is 13.1. The fraction of sp³-hybridized carbons (Fsp3) is 0.167. The van der Waals surface area contributed by atoms with Crippen molar-refractivity contribution in [2.75, 3.05) is 5.32 Å². The highest BCUT2D eigenvalue weighted by Gasteiger charge is 2.11. The van der Waals surface area contributed by atoms with E-state index in [1.807, 2.05) is 30.3 Å². The highest BCUT2D eigenvalue weighted by molar-refractivity contribution is 5.91. The lowest BCUT2D eigenvalue weighted by atomic mass is 10.2. The molecule has 0 aliphatic rings. The van der Waals surface area contributed by atoms with Gasteiger partial charge in [-0.2, -0.15) is 4.98 Å². The first kappa shape index (κ1) is 15.9. The summed E-state index contributed by atoms with van der Waals surface area (Å²) in [6.07, 6.45) is 0.541. The van der Waals surface area contributed by atoms with Crippen LogP contribution in [0.5, 0.6) is 0 Å². The molecule has 6 heteroatoms. The number of hydrogen-bond donors (Lipinski definition) is 1. The van der Waals surface area contributed by atoms with E-state index < -0.39 is 0 Å². The zero-order chi connectivity index (χ0) is 16.9. The molecule has 0 spiro atoms. The van der Waals surface area contributed by atoms with Crippen molar-refractivity contribution >= 4 is 11.6 Å². The highest BCUT2D eigenvalue weighted by Crippen LogP contribution is 2.17. The number of rotatable bonds is 5. The van der Waals surface area contributed by atoms with Crippen LogP contribution in [0.25, 0.3) is 11.4 Å². The molecule has 1 N–H and O–H groups in total. The standard InChI is InChI=1S/C18H16FN3O2/c1-12-11-14(19)7-8-15(12)20-16(23)9-10-17-21-18(22-24-17)13-5-3-2-4-6-13/h2-8,11H,9-10H2,1H3,(H,20,23). The van der Waals surface area contributed by atoms with Gasteiger partial charge in [0.2, 0.25) is 17.6 Å². The van der Waals surface area contributed by atoms with Crippen molar-refractivity contribution in [2.24, 2.45) is 0 Å². The molecule has 3 aromatic rings. The Morgan fingerprint density at radius 1 is 1.21 bits per heavy atom. The first-order chi connectivity index (χ1) is 11.6. The van der Waals surface area contributed by atoms with E-state index in [4.69, 9.17) is 4.52 Å². The molecule has 0 aliphatic carbocycles. The molecule has 5 nitrogen and oxygen atoms in total. The summed E-state index contributed by atoms with van der Waals surface area (Å²) in [6.45, 7) is 1.74. The molecule has 0 atom stereocenters. The Kier molecular flexibility index (Phi) is 4.65. The van der Waals surface area contributed by atoms with Crippen molar-refractivity contribution in [3.05, 3.63) is 65.8 Å². The summed E-state index contributed by atoms with van der Waals surface area (Å²) in [7, 11) is 0. The fourth-order valence-electron chi connectivity index (χ4n) is 2.26. The number of halogens is 1. The van der Waals surface area contributed by atoms with Crippen LogP contribution >= 0.6 is 0 Å². The molecule has 0 radical (unpaired) electrons. The summed E-state index contributed by atoms with van der Waals surface area (Å²) < 4.78 is 18.2. The van der Waals surface area contributed by atoms with Gasteiger partial charge in [-0.25, -0.2) is 4.39 Å². The first-order valence-electron chi connectivity index (χ1n) is 7.56. The van der Waals surface area contributed by atoms with E-state index in [0.29, 0.717) is 29.4 Å². The fourth-order valence-corrected chi connectivity index (χ4v) is 2.26. The lowest BCUT2D eigenvalue weighted by Gasteiger charge is -2.07. The largest absolute Gasteiger partial charge is 0.339 e. The normalized spacial score (nSPS) is 10.6. The van der Waals surface area contributed by atoms with Gasteiger partial charge in [-0.05, 0) is 30.7 Å². The SMILES string of the molecule is Cc1cc(F)ccc1NC(=O)CCc1nc(-c2ccccc2)no1. The Hall–Kier alpha value is -3.02. The second kappa shape index (κ2) is 7.04. The Morgan fingerprint density at radius 3 is 2.75 bits per heavy atom. The minimum Gasteiger partial charge on any atom is -0.339 e. The minimum atomic E-state index is -0.329. The Bertz CT molecular complexity index is 846. The Labute approximate surface area is 138 Å². The summed E-state index contributed by atoms with van der Waals surface area (Å²) >= 11 is 0. The molecule has 0 aliphatic heterocycles. The van der Waals surface area contributed by atoms with E-state index in [9.17, 15) is 9.18 Å². The summed E-state index contributed by atoms with van der Waals surface area (Å²) in [4.78, 5) is 16.3. The van der Waals surface area contributed by atoms with Gasteiger partial charge in [0.15, 0.2) is 0 Å². The van der Waals surface area contributed by atoms with Crippen molar-refractivity contribution in [3.63, 3.8) is 0 Å². The van der Waals surface area contributed by atoms with Crippen LogP contribution in [0, 0.1) is 12.7 Å². The maximum Gasteiger partial charge on any atom is 0.227 e. The molecular weight excluding hydrogens is 309 g/mol. The monoisotopic (exact) mass is 325 g/mol.